The minimum Gasteiger partial charge on any atom is -0.504 e. The lowest BCUT2D eigenvalue weighted by Gasteiger charge is -2.09. The van der Waals surface area contributed by atoms with Gasteiger partial charge in [-0.2, -0.15) is 0 Å². The molecule has 0 amide bonds. The van der Waals surface area contributed by atoms with Gasteiger partial charge in [0.1, 0.15) is 5.58 Å². The van der Waals surface area contributed by atoms with Crippen molar-refractivity contribution in [3.63, 3.8) is 0 Å². The summed E-state index contributed by atoms with van der Waals surface area (Å²) in [6, 6.07) is 10.1. The van der Waals surface area contributed by atoms with Gasteiger partial charge in [-0.3, -0.25) is 4.79 Å². The normalized spacial score (nSPS) is 11.2. The molecule has 0 bridgehead atoms. The van der Waals surface area contributed by atoms with Gasteiger partial charge in [0, 0.05) is 12.2 Å². The summed E-state index contributed by atoms with van der Waals surface area (Å²) < 4.78 is 11.0. The monoisotopic (exact) mass is 468 g/mol. The van der Waals surface area contributed by atoms with E-state index in [2.05, 4.69) is 0 Å². The Balaban J connectivity index is 1.55. The van der Waals surface area contributed by atoms with E-state index in [-0.39, 0.29) is 17.3 Å². The highest BCUT2D eigenvalue weighted by Crippen LogP contribution is 2.35. The molecule has 1 heterocycles. The van der Waals surface area contributed by atoms with Crippen LogP contribution < -0.4 is 10.2 Å². The Morgan fingerprint density at radius 1 is 0.824 bits per heavy atom. The van der Waals surface area contributed by atoms with Crippen molar-refractivity contribution in [1.82, 2.24) is 0 Å². The van der Waals surface area contributed by atoms with Crippen LogP contribution in [0.4, 0.5) is 0 Å². The summed E-state index contributed by atoms with van der Waals surface area (Å²) in [5.74, 6) is -0.202. The maximum atomic E-state index is 12.9. The number of aliphatic hydroxyl groups excluding tert-OH is 1. The molecule has 0 fully saturated rings. The predicted molar refractivity (Wildman–Crippen MR) is 135 cm³/mol. The molecule has 184 valence electrons. The number of aryl methyl sites for hydroxylation is 1. The number of methoxy groups -OCH3 is 1. The first kappa shape index (κ1) is 25.6. The smallest absolute Gasteiger partial charge is 0.235 e. The summed E-state index contributed by atoms with van der Waals surface area (Å²) in [6.45, 7) is 0.305. The van der Waals surface area contributed by atoms with Crippen LogP contribution >= 0.6 is 0 Å². The third-order valence-electron chi connectivity index (χ3n) is 6.25. The second kappa shape index (κ2) is 13.0. The molecule has 0 saturated heterocycles. The Morgan fingerprint density at radius 3 is 2.12 bits per heavy atom. The Labute approximate surface area is 200 Å². The molecule has 6 heteroatoms. The summed E-state index contributed by atoms with van der Waals surface area (Å²) >= 11 is 0. The van der Waals surface area contributed by atoms with Gasteiger partial charge in [-0.05, 0) is 55.2 Å². The van der Waals surface area contributed by atoms with Gasteiger partial charge < -0.3 is 24.5 Å². The van der Waals surface area contributed by atoms with Crippen molar-refractivity contribution >= 4 is 11.0 Å². The largest absolute Gasteiger partial charge is 0.504 e. The fourth-order valence-electron chi connectivity index (χ4n) is 4.26. The maximum Gasteiger partial charge on any atom is 0.235 e. The van der Waals surface area contributed by atoms with Gasteiger partial charge in [-0.1, -0.05) is 57.4 Å². The molecule has 2 aromatic carbocycles. The zero-order valence-corrected chi connectivity index (χ0v) is 20.0. The molecule has 0 aliphatic heterocycles. The minimum absolute atomic E-state index is 0.0345. The first-order valence-corrected chi connectivity index (χ1v) is 12.3. The van der Waals surface area contributed by atoms with Crippen LogP contribution in [0.2, 0.25) is 0 Å². The second-order valence-electron chi connectivity index (χ2n) is 8.84. The molecule has 0 spiro atoms. The minimum atomic E-state index is -0.468. The van der Waals surface area contributed by atoms with Crippen LogP contribution in [0.3, 0.4) is 0 Å². The van der Waals surface area contributed by atoms with Gasteiger partial charge in [0.25, 0.3) is 0 Å². The van der Waals surface area contributed by atoms with Crippen molar-refractivity contribution in [1.29, 1.82) is 0 Å². The zero-order chi connectivity index (χ0) is 24.3. The van der Waals surface area contributed by atoms with Crippen LogP contribution in [0.15, 0.2) is 45.6 Å². The molecule has 34 heavy (non-hydrogen) atoms. The van der Waals surface area contributed by atoms with Crippen molar-refractivity contribution in [2.24, 2.45) is 0 Å². The van der Waals surface area contributed by atoms with E-state index in [0.29, 0.717) is 23.1 Å². The van der Waals surface area contributed by atoms with E-state index in [0.717, 1.165) is 37.7 Å². The average Bonchev–Trinajstić information content (AvgIpc) is 2.85. The SMILES string of the molecule is COc1cc(-c2oc3ccc(CCCCCCCCCCCCO)cc3c(=O)c2O)ccc1O. The summed E-state index contributed by atoms with van der Waals surface area (Å²) in [6.07, 6.45) is 12.6. The Hall–Kier alpha value is -2.99. The van der Waals surface area contributed by atoms with Crippen LogP contribution in [0, 0.1) is 0 Å². The second-order valence-corrected chi connectivity index (χ2v) is 8.84. The van der Waals surface area contributed by atoms with Crippen molar-refractivity contribution < 1.29 is 24.5 Å². The van der Waals surface area contributed by atoms with Crippen molar-refractivity contribution in [2.45, 2.75) is 70.6 Å². The number of rotatable bonds is 14. The summed E-state index contributed by atoms with van der Waals surface area (Å²) in [7, 11) is 1.43. The number of hydrogen-bond acceptors (Lipinski definition) is 6. The number of benzene rings is 2. The van der Waals surface area contributed by atoms with Crippen LogP contribution in [-0.2, 0) is 6.42 Å². The summed E-state index contributed by atoms with van der Waals surface area (Å²) in [5.41, 5.74) is 1.44. The number of fused-ring (bicyclic) bond motifs is 1. The topological polar surface area (TPSA) is 100 Å². The van der Waals surface area contributed by atoms with E-state index < -0.39 is 11.2 Å². The molecule has 3 aromatic rings. The predicted octanol–water partition coefficient (Wildman–Crippen LogP) is 6.32. The molecule has 1 aromatic heterocycles. The summed E-state index contributed by atoms with van der Waals surface area (Å²) in [4.78, 5) is 12.9. The fourth-order valence-corrected chi connectivity index (χ4v) is 4.26. The molecular formula is C28H36O6. The molecule has 0 aliphatic carbocycles. The van der Waals surface area contributed by atoms with E-state index in [1.165, 1.54) is 57.8 Å². The lowest BCUT2D eigenvalue weighted by Crippen LogP contribution is -2.03. The molecule has 0 saturated carbocycles. The first-order chi connectivity index (χ1) is 16.5. The highest BCUT2D eigenvalue weighted by atomic mass is 16.5. The molecule has 0 aliphatic rings. The van der Waals surface area contributed by atoms with Gasteiger partial charge in [0.15, 0.2) is 17.3 Å². The Morgan fingerprint density at radius 2 is 1.47 bits per heavy atom. The van der Waals surface area contributed by atoms with Gasteiger partial charge in [0.2, 0.25) is 11.2 Å². The van der Waals surface area contributed by atoms with Crippen LogP contribution in [0.5, 0.6) is 17.2 Å². The number of aromatic hydroxyl groups is 2. The standard InChI is InChI=1S/C28H36O6/c1-33-25-19-21(14-15-23(25)30)28-27(32)26(31)22-18-20(13-16-24(22)34-28)12-10-8-6-4-2-3-5-7-9-11-17-29/h13-16,18-19,29-30,32H,2-12,17H2,1H3. The summed E-state index contributed by atoms with van der Waals surface area (Å²) in [5, 5.41) is 29.5. The average molecular weight is 469 g/mol. The van der Waals surface area contributed by atoms with Crippen LogP contribution in [0.25, 0.3) is 22.3 Å². The fraction of sp³-hybridized carbons (Fsp3) is 0.464. The van der Waals surface area contributed by atoms with Gasteiger partial charge in [0.05, 0.1) is 12.5 Å². The van der Waals surface area contributed by atoms with E-state index in [1.807, 2.05) is 12.1 Å². The number of phenols is 1. The maximum absolute atomic E-state index is 12.9. The molecule has 0 unspecified atom stereocenters. The quantitative estimate of drug-likeness (QED) is 0.240. The number of phenolic OH excluding ortho intramolecular Hbond substituents is 1. The first-order valence-electron chi connectivity index (χ1n) is 12.3. The Kier molecular flexibility index (Phi) is 9.83. The third-order valence-corrected chi connectivity index (χ3v) is 6.25. The Bertz CT molecular complexity index is 1120. The third kappa shape index (κ3) is 6.76. The molecule has 0 atom stereocenters. The number of hydrogen-bond donors (Lipinski definition) is 3. The molecular weight excluding hydrogens is 432 g/mol. The molecule has 3 N–H and O–H groups in total. The van der Waals surface area contributed by atoms with Crippen molar-refractivity contribution in [3.8, 4) is 28.6 Å². The van der Waals surface area contributed by atoms with E-state index in [9.17, 15) is 15.0 Å². The highest BCUT2D eigenvalue weighted by molar-refractivity contribution is 5.82. The number of unbranched alkanes of at least 4 members (excludes halogenated alkanes) is 9. The van der Waals surface area contributed by atoms with Gasteiger partial charge >= 0.3 is 0 Å². The molecule has 6 nitrogen and oxygen atoms in total. The van der Waals surface area contributed by atoms with Crippen molar-refractivity contribution in [2.75, 3.05) is 13.7 Å². The van der Waals surface area contributed by atoms with Crippen molar-refractivity contribution in [3.05, 3.63) is 52.2 Å². The van der Waals surface area contributed by atoms with Crippen LogP contribution in [0.1, 0.15) is 69.8 Å². The highest BCUT2D eigenvalue weighted by Gasteiger charge is 2.17. The lowest BCUT2D eigenvalue weighted by molar-refractivity contribution is 0.282. The van der Waals surface area contributed by atoms with E-state index in [4.69, 9.17) is 14.3 Å². The number of ether oxygens (including phenoxy) is 1. The van der Waals surface area contributed by atoms with Gasteiger partial charge in [-0.15, -0.1) is 0 Å². The van der Waals surface area contributed by atoms with E-state index in [1.54, 1.807) is 12.1 Å². The zero-order valence-electron chi connectivity index (χ0n) is 20.0. The van der Waals surface area contributed by atoms with E-state index >= 15 is 0 Å². The molecule has 3 rings (SSSR count). The molecule has 0 radical (unpaired) electrons. The van der Waals surface area contributed by atoms with Crippen LogP contribution in [-0.4, -0.2) is 29.0 Å². The van der Waals surface area contributed by atoms with Gasteiger partial charge in [-0.25, -0.2) is 0 Å². The lowest BCUT2D eigenvalue weighted by atomic mass is 10.0. The number of aliphatic hydroxyl groups is 1.